The predicted octanol–water partition coefficient (Wildman–Crippen LogP) is 0.0877. The number of aliphatic hydroxyl groups is 1. The van der Waals surface area contributed by atoms with Crippen LogP contribution in [0, 0.1) is 0 Å². The van der Waals surface area contributed by atoms with E-state index in [-0.39, 0.29) is 6.29 Å². The van der Waals surface area contributed by atoms with Gasteiger partial charge in [0.05, 0.1) is 0 Å². The highest BCUT2D eigenvalue weighted by Crippen LogP contribution is 2.16. The van der Waals surface area contributed by atoms with Crippen LogP contribution >= 0.6 is 0 Å². The molecule has 1 saturated heterocycles. The second-order valence-electron chi connectivity index (χ2n) is 1.83. The van der Waals surface area contributed by atoms with E-state index in [2.05, 4.69) is 0 Å². The lowest BCUT2D eigenvalue weighted by Crippen LogP contribution is -2.11. The van der Waals surface area contributed by atoms with Crippen molar-refractivity contribution in [2.45, 2.75) is 25.4 Å². The Morgan fingerprint density at radius 1 is 1.62 bits per heavy atom. The molecule has 0 aromatic heterocycles. The van der Waals surface area contributed by atoms with E-state index in [0.717, 1.165) is 6.42 Å². The lowest BCUT2D eigenvalue weighted by molar-refractivity contribution is -0.174. The number of methoxy groups -OCH3 is 1. The first-order valence-corrected chi connectivity index (χ1v) is 2.69. The lowest BCUT2D eigenvalue weighted by Gasteiger charge is -2.05. The first kappa shape index (κ1) is 6.01. The normalized spacial score (nSPS) is 38.2. The van der Waals surface area contributed by atoms with Crippen molar-refractivity contribution >= 4 is 0 Å². The first-order valence-electron chi connectivity index (χ1n) is 2.69. The highest BCUT2D eigenvalue weighted by atomic mass is 16.7. The topological polar surface area (TPSA) is 38.7 Å². The van der Waals surface area contributed by atoms with Gasteiger partial charge in [-0.25, -0.2) is 0 Å². The molecule has 8 heavy (non-hydrogen) atoms. The zero-order valence-electron chi connectivity index (χ0n) is 4.83. The molecule has 48 valence electrons. The Hall–Kier alpha value is -0.120. The van der Waals surface area contributed by atoms with Crippen LogP contribution in [0.15, 0.2) is 0 Å². The summed E-state index contributed by atoms with van der Waals surface area (Å²) in [7, 11) is 1.57. The van der Waals surface area contributed by atoms with Gasteiger partial charge in [-0.15, -0.1) is 0 Å². The van der Waals surface area contributed by atoms with Gasteiger partial charge in [-0.05, 0) is 0 Å². The van der Waals surface area contributed by atoms with Gasteiger partial charge in [0.15, 0.2) is 12.6 Å². The molecule has 0 aromatic rings. The highest BCUT2D eigenvalue weighted by Gasteiger charge is 2.21. The summed E-state index contributed by atoms with van der Waals surface area (Å²) in [6.45, 7) is 0. The largest absolute Gasteiger partial charge is 0.368 e. The van der Waals surface area contributed by atoms with E-state index in [1.807, 2.05) is 0 Å². The standard InChI is InChI=1S/C5H10O3/c1-7-5-3-2-4(6)8-5/h4-6H,2-3H2,1H3. The maximum absolute atomic E-state index is 8.73. The molecule has 2 atom stereocenters. The molecule has 1 aliphatic heterocycles. The number of rotatable bonds is 1. The summed E-state index contributed by atoms with van der Waals surface area (Å²) in [6, 6.07) is 0. The fourth-order valence-corrected chi connectivity index (χ4v) is 0.763. The van der Waals surface area contributed by atoms with E-state index in [0.29, 0.717) is 6.42 Å². The molecule has 2 unspecified atom stereocenters. The van der Waals surface area contributed by atoms with E-state index in [9.17, 15) is 0 Å². The van der Waals surface area contributed by atoms with Crippen LogP contribution in [0.1, 0.15) is 12.8 Å². The summed E-state index contributed by atoms with van der Waals surface area (Å²) in [6.07, 6.45) is 0.723. The lowest BCUT2D eigenvalue weighted by atomic mass is 10.3. The minimum absolute atomic E-state index is 0.176. The van der Waals surface area contributed by atoms with Crippen LogP contribution in [0.4, 0.5) is 0 Å². The van der Waals surface area contributed by atoms with Crippen LogP contribution in [0.5, 0.6) is 0 Å². The third-order valence-corrected chi connectivity index (χ3v) is 1.22. The van der Waals surface area contributed by atoms with E-state index < -0.39 is 6.29 Å². The Morgan fingerprint density at radius 3 is 2.62 bits per heavy atom. The summed E-state index contributed by atoms with van der Waals surface area (Å²) in [4.78, 5) is 0. The maximum Gasteiger partial charge on any atom is 0.160 e. The van der Waals surface area contributed by atoms with Crippen molar-refractivity contribution in [1.29, 1.82) is 0 Å². The van der Waals surface area contributed by atoms with Crippen molar-refractivity contribution in [3.8, 4) is 0 Å². The number of ether oxygens (including phenoxy) is 2. The molecular formula is C5H10O3. The molecule has 0 spiro atoms. The highest BCUT2D eigenvalue weighted by molar-refractivity contribution is 4.56. The number of aliphatic hydroxyl groups excluding tert-OH is 1. The van der Waals surface area contributed by atoms with Crippen LogP contribution in [-0.4, -0.2) is 24.8 Å². The molecule has 1 heterocycles. The predicted molar refractivity (Wildman–Crippen MR) is 27.1 cm³/mol. The molecule has 0 aromatic carbocycles. The van der Waals surface area contributed by atoms with Gasteiger partial charge in [0.1, 0.15) is 0 Å². The van der Waals surface area contributed by atoms with Crippen molar-refractivity contribution in [2.24, 2.45) is 0 Å². The number of hydrogen-bond donors (Lipinski definition) is 1. The number of hydrogen-bond acceptors (Lipinski definition) is 3. The Balaban J connectivity index is 2.22. The molecule has 1 N–H and O–H groups in total. The summed E-state index contributed by atoms with van der Waals surface area (Å²) in [5.41, 5.74) is 0. The van der Waals surface area contributed by atoms with Crippen molar-refractivity contribution in [3.05, 3.63) is 0 Å². The van der Waals surface area contributed by atoms with Crippen LogP contribution in [0.3, 0.4) is 0 Å². The molecule has 0 aliphatic carbocycles. The quantitative estimate of drug-likeness (QED) is 0.530. The molecule has 0 saturated carbocycles. The van der Waals surface area contributed by atoms with E-state index in [1.54, 1.807) is 7.11 Å². The minimum atomic E-state index is -0.597. The second kappa shape index (κ2) is 2.44. The summed E-state index contributed by atoms with van der Waals surface area (Å²) >= 11 is 0. The van der Waals surface area contributed by atoms with Crippen molar-refractivity contribution in [3.63, 3.8) is 0 Å². The van der Waals surface area contributed by atoms with Crippen LogP contribution < -0.4 is 0 Å². The summed E-state index contributed by atoms with van der Waals surface area (Å²) in [5.74, 6) is 0. The average Bonchev–Trinajstić information content (AvgIpc) is 2.14. The smallest absolute Gasteiger partial charge is 0.160 e. The van der Waals surface area contributed by atoms with Gasteiger partial charge in [0, 0.05) is 20.0 Å². The fourth-order valence-electron chi connectivity index (χ4n) is 0.763. The van der Waals surface area contributed by atoms with Crippen molar-refractivity contribution in [1.82, 2.24) is 0 Å². The van der Waals surface area contributed by atoms with Gasteiger partial charge in [0.2, 0.25) is 0 Å². The van der Waals surface area contributed by atoms with Crippen LogP contribution in [0.2, 0.25) is 0 Å². The van der Waals surface area contributed by atoms with Crippen molar-refractivity contribution < 1.29 is 14.6 Å². The van der Waals surface area contributed by atoms with Gasteiger partial charge >= 0.3 is 0 Å². The van der Waals surface area contributed by atoms with E-state index in [1.165, 1.54) is 0 Å². The van der Waals surface area contributed by atoms with Gasteiger partial charge < -0.3 is 14.6 Å². The molecule has 0 bridgehead atoms. The third-order valence-electron chi connectivity index (χ3n) is 1.22. The van der Waals surface area contributed by atoms with Gasteiger partial charge in [0.25, 0.3) is 0 Å². The SMILES string of the molecule is COC1CCC(O)O1. The van der Waals surface area contributed by atoms with E-state index in [4.69, 9.17) is 14.6 Å². The Labute approximate surface area is 48.2 Å². The zero-order chi connectivity index (χ0) is 5.98. The summed E-state index contributed by atoms with van der Waals surface area (Å²) < 4.78 is 9.64. The summed E-state index contributed by atoms with van der Waals surface area (Å²) in [5, 5.41) is 8.73. The van der Waals surface area contributed by atoms with Gasteiger partial charge in [-0.1, -0.05) is 0 Å². The van der Waals surface area contributed by atoms with Gasteiger partial charge in [-0.3, -0.25) is 0 Å². The Morgan fingerprint density at radius 2 is 2.38 bits per heavy atom. The molecular weight excluding hydrogens is 108 g/mol. The van der Waals surface area contributed by atoms with Crippen molar-refractivity contribution in [2.75, 3.05) is 7.11 Å². The maximum atomic E-state index is 8.73. The second-order valence-corrected chi connectivity index (χ2v) is 1.83. The molecule has 3 heteroatoms. The molecule has 1 rings (SSSR count). The molecule has 3 nitrogen and oxygen atoms in total. The third kappa shape index (κ3) is 1.18. The molecule has 1 fully saturated rings. The van der Waals surface area contributed by atoms with Crippen LogP contribution in [-0.2, 0) is 9.47 Å². The molecule has 0 radical (unpaired) electrons. The Kier molecular flexibility index (Phi) is 1.83. The monoisotopic (exact) mass is 118 g/mol. The first-order chi connectivity index (χ1) is 3.83. The minimum Gasteiger partial charge on any atom is -0.368 e. The molecule has 0 amide bonds. The fraction of sp³-hybridized carbons (Fsp3) is 1.00. The Bertz CT molecular complexity index is 74.1. The molecule has 1 aliphatic rings. The van der Waals surface area contributed by atoms with Crippen LogP contribution in [0.25, 0.3) is 0 Å². The van der Waals surface area contributed by atoms with E-state index >= 15 is 0 Å². The zero-order valence-corrected chi connectivity index (χ0v) is 4.83. The average molecular weight is 118 g/mol. The van der Waals surface area contributed by atoms with Gasteiger partial charge in [-0.2, -0.15) is 0 Å².